The highest BCUT2D eigenvalue weighted by molar-refractivity contribution is 9.10. The lowest BCUT2D eigenvalue weighted by molar-refractivity contribution is 0.601. The third kappa shape index (κ3) is 2.64. The van der Waals surface area contributed by atoms with Crippen LogP contribution in [0.4, 0.5) is 11.4 Å². The van der Waals surface area contributed by atoms with Crippen molar-refractivity contribution in [1.82, 2.24) is 0 Å². The number of benzene rings is 2. The standard InChI is InChI=1S/C17H15BrN2O2S2/c18-12-6-8-14(9-7-12)20-16-11-24(21,22)10-15(16)19(17(20)23)13-4-2-1-3-5-13/h1-9,15-16H,10-11H2/t15-,16+/m0/s1. The quantitative estimate of drug-likeness (QED) is 0.694. The predicted octanol–water partition coefficient (Wildman–Crippen LogP) is 3.23. The monoisotopic (exact) mass is 422 g/mol. The molecule has 24 heavy (non-hydrogen) atoms. The van der Waals surface area contributed by atoms with Gasteiger partial charge in [0.05, 0.1) is 23.6 Å². The van der Waals surface area contributed by atoms with Crippen LogP contribution in [0.25, 0.3) is 0 Å². The second-order valence-corrected chi connectivity index (χ2v) is 9.48. The van der Waals surface area contributed by atoms with Gasteiger partial charge in [-0.15, -0.1) is 0 Å². The van der Waals surface area contributed by atoms with Gasteiger partial charge in [-0.2, -0.15) is 0 Å². The molecular weight excluding hydrogens is 408 g/mol. The number of nitrogens with zero attached hydrogens (tertiary/aromatic N) is 2. The average molecular weight is 423 g/mol. The number of thiocarbonyl (C=S) groups is 1. The molecule has 0 aromatic heterocycles. The number of hydrogen-bond donors (Lipinski definition) is 0. The van der Waals surface area contributed by atoms with Crippen LogP contribution >= 0.6 is 28.1 Å². The number of fused-ring (bicyclic) bond motifs is 1. The number of halogens is 1. The molecule has 0 bridgehead atoms. The average Bonchev–Trinajstić information content (AvgIpc) is 2.98. The molecule has 0 spiro atoms. The van der Waals surface area contributed by atoms with E-state index in [4.69, 9.17) is 12.2 Å². The molecule has 2 atom stereocenters. The van der Waals surface area contributed by atoms with Gasteiger partial charge in [-0.1, -0.05) is 34.1 Å². The van der Waals surface area contributed by atoms with Gasteiger partial charge in [0, 0.05) is 15.8 Å². The SMILES string of the molecule is O=S1(=O)C[C@@H]2[C@H](C1)N(c1ccccc1)C(=S)N2c1ccc(Br)cc1. The highest BCUT2D eigenvalue weighted by atomic mass is 79.9. The molecule has 4 rings (SSSR count). The van der Waals surface area contributed by atoms with Crippen LogP contribution in [0.2, 0.25) is 0 Å². The topological polar surface area (TPSA) is 40.6 Å². The van der Waals surface area contributed by atoms with E-state index in [2.05, 4.69) is 15.9 Å². The summed E-state index contributed by atoms with van der Waals surface area (Å²) in [6, 6.07) is 17.3. The second kappa shape index (κ2) is 5.82. The summed E-state index contributed by atoms with van der Waals surface area (Å²) < 4.78 is 25.5. The van der Waals surface area contributed by atoms with Crippen LogP contribution in [-0.4, -0.2) is 37.1 Å². The molecule has 2 saturated heterocycles. The van der Waals surface area contributed by atoms with E-state index < -0.39 is 9.84 Å². The summed E-state index contributed by atoms with van der Waals surface area (Å²) in [6.07, 6.45) is 0. The first kappa shape index (κ1) is 16.1. The Morgan fingerprint density at radius 3 is 1.92 bits per heavy atom. The van der Waals surface area contributed by atoms with Crippen LogP contribution in [0.5, 0.6) is 0 Å². The number of sulfone groups is 1. The zero-order valence-corrected chi connectivity index (χ0v) is 15.9. The first-order valence-corrected chi connectivity index (χ1v) is 10.6. The molecule has 0 N–H and O–H groups in total. The van der Waals surface area contributed by atoms with Crippen molar-refractivity contribution in [3.63, 3.8) is 0 Å². The van der Waals surface area contributed by atoms with E-state index in [1.54, 1.807) is 0 Å². The molecule has 2 heterocycles. The largest absolute Gasteiger partial charge is 0.312 e. The van der Waals surface area contributed by atoms with Crippen LogP contribution in [0.15, 0.2) is 59.1 Å². The van der Waals surface area contributed by atoms with Crippen molar-refractivity contribution >= 4 is 54.5 Å². The number of anilines is 2. The number of para-hydroxylation sites is 1. The minimum atomic E-state index is -3.07. The van der Waals surface area contributed by atoms with Crippen LogP contribution in [0, 0.1) is 0 Å². The molecule has 2 aromatic rings. The van der Waals surface area contributed by atoms with Crippen LogP contribution in [0.1, 0.15) is 0 Å². The lowest BCUT2D eigenvalue weighted by Gasteiger charge is -2.25. The summed E-state index contributed by atoms with van der Waals surface area (Å²) >= 11 is 9.17. The Labute approximate surface area is 155 Å². The lowest BCUT2D eigenvalue weighted by atomic mass is 10.1. The van der Waals surface area contributed by atoms with Gasteiger partial charge in [0.1, 0.15) is 0 Å². The van der Waals surface area contributed by atoms with Crippen molar-refractivity contribution in [3.8, 4) is 0 Å². The maximum absolute atomic E-state index is 12.3. The van der Waals surface area contributed by atoms with Crippen molar-refractivity contribution in [2.75, 3.05) is 21.3 Å². The molecule has 7 heteroatoms. The fraction of sp³-hybridized carbons (Fsp3) is 0.235. The van der Waals surface area contributed by atoms with Crippen molar-refractivity contribution in [3.05, 3.63) is 59.1 Å². The fourth-order valence-corrected chi connectivity index (χ4v) is 6.16. The van der Waals surface area contributed by atoms with Gasteiger partial charge in [-0.3, -0.25) is 0 Å². The van der Waals surface area contributed by atoms with Gasteiger partial charge in [0.2, 0.25) is 0 Å². The summed E-state index contributed by atoms with van der Waals surface area (Å²) in [5, 5.41) is 0.661. The van der Waals surface area contributed by atoms with E-state index in [1.807, 2.05) is 64.4 Å². The molecule has 0 unspecified atom stereocenters. The van der Waals surface area contributed by atoms with Crippen molar-refractivity contribution in [2.24, 2.45) is 0 Å². The normalized spacial score (nSPS) is 25.1. The van der Waals surface area contributed by atoms with Crippen LogP contribution in [-0.2, 0) is 9.84 Å². The first-order chi connectivity index (χ1) is 11.5. The molecular formula is C17H15BrN2O2S2. The Hall–Kier alpha value is -1.44. The van der Waals surface area contributed by atoms with Crippen molar-refractivity contribution < 1.29 is 8.42 Å². The highest BCUT2D eigenvalue weighted by Crippen LogP contribution is 2.38. The van der Waals surface area contributed by atoms with Crippen LogP contribution in [0.3, 0.4) is 0 Å². The molecule has 2 fully saturated rings. The zero-order chi connectivity index (χ0) is 16.9. The smallest absolute Gasteiger partial charge is 0.181 e. The van der Waals surface area contributed by atoms with E-state index in [0.717, 1.165) is 15.8 Å². The van der Waals surface area contributed by atoms with Gasteiger partial charge < -0.3 is 9.80 Å². The Morgan fingerprint density at radius 2 is 1.38 bits per heavy atom. The Balaban J connectivity index is 1.80. The molecule has 4 nitrogen and oxygen atoms in total. The maximum atomic E-state index is 12.3. The van der Waals surface area contributed by atoms with E-state index in [0.29, 0.717) is 5.11 Å². The molecule has 0 amide bonds. The zero-order valence-electron chi connectivity index (χ0n) is 12.7. The summed E-state index contributed by atoms with van der Waals surface area (Å²) in [5.74, 6) is 0.275. The van der Waals surface area contributed by atoms with E-state index in [-0.39, 0.29) is 23.6 Å². The molecule has 0 saturated carbocycles. The van der Waals surface area contributed by atoms with Gasteiger partial charge >= 0.3 is 0 Å². The maximum Gasteiger partial charge on any atom is 0.181 e. The van der Waals surface area contributed by atoms with Gasteiger partial charge in [0.25, 0.3) is 0 Å². The Kier molecular flexibility index (Phi) is 3.89. The summed E-state index contributed by atoms with van der Waals surface area (Å²) in [6.45, 7) is 0. The number of rotatable bonds is 2. The van der Waals surface area contributed by atoms with Crippen molar-refractivity contribution in [2.45, 2.75) is 12.1 Å². The molecule has 2 aliphatic rings. The van der Waals surface area contributed by atoms with E-state index >= 15 is 0 Å². The van der Waals surface area contributed by atoms with Gasteiger partial charge in [0.15, 0.2) is 14.9 Å². The van der Waals surface area contributed by atoms with Gasteiger partial charge in [-0.25, -0.2) is 8.42 Å². The number of hydrogen-bond acceptors (Lipinski definition) is 3. The molecule has 2 aromatic carbocycles. The fourth-order valence-electron chi connectivity index (χ4n) is 3.50. The lowest BCUT2D eigenvalue weighted by Crippen LogP contribution is -2.37. The van der Waals surface area contributed by atoms with Gasteiger partial charge in [-0.05, 0) is 48.6 Å². The predicted molar refractivity (Wildman–Crippen MR) is 104 cm³/mol. The summed E-state index contributed by atoms with van der Waals surface area (Å²) in [4.78, 5) is 3.98. The van der Waals surface area contributed by atoms with Crippen molar-refractivity contribution in [1.29, 1.82) is 0 Å². The third-order valence-electron chi connectivity index (χ3n) is 4.51. The minimum Gasteiger partial charge on any atom is -0.312 e. The molecule has 0 radical (unpaired) electrons. The minimum absolute atomic E-state index is 0.136. The molecule has 2 aliphatic heterocycles. The first-order valence-electron chi connectivity index (χ1n) is 7.60. The summed E-state index contributed by atoms with van der Waals surface area (Å²) in [7, 11) is -3.07. The molecule has 124 valence electrons. The Bertz CT molecular complexity index is 885. The Morgan fingerprint density at radius 1 is 0.875 bits per heavy atom. The summed E-state index contributed by atoms with van der Waals surface area (Å²) in [5.41, 5.74) is 1.86. The molecule has 0 aliphatic carbocycles. The third-order valence-corrected chi connectivity index (χ3v) is 7.13. The van der Waals surface area contributed by atoms with Crippen LogP contribution < -0.4 is 9.80 Å². The van der Waals surface area contributed by atoms with E-state index in [1.165, 1.54) is 0 Å². The highest BCUT2D eigenvalue weighted by Gasteiger charge is 2.52. The second-order valence-electron chi connectivity index (χ2n) is 6.05. The van der Waals surface area contributed by atoms with E-state index in [9.17, 15) is 8.42 Å².